The lowest BCUT2D eigenvalue weighted by atomic mass is 9.92. The average molecular weight is 136 g/mol. The summed E-state index contributed by atoms with van der Waals surface area (Å²) >= 11 is 0. The highest BCUT2D eigenvalue weighted by atomic mass is 14.8. The summed E-state index contributed by atoms with van der Waals surface area (Å²) in [5.74, 6) is 0. The van der Waals surface area contributed by atoms with Crippen LogP contribution in [-0.4, -0.2) is 9.97 Å². The Kier molecular flexibility index (Phi) is 1.70. The van der Waals surface area contributed by atoms with Gasteiger partial charge in [0.2, 0.25) is 0 Å². The van der Waals surface area contributed by atoms with Crippen LogP contribution in [0.2, 0.25) is 0 Å². The lowest BCUT2D eigenvalue weighted by Crippen LogP contribution is -2.12. The third-order valence-corrected chi connectivity index (χ3v) is 1.35. The standard InChI is InChI=1S/C8H12N2/c1-8(2,3)7-4-5-9-6-10-7/h4-6H,1-3H3. The van der Waals surface area contributed by atoms with Crippen LogP contribution >= 0.6 is 0 Å². The number of hydrogen-bond donors (Lipinski definition) is 0. The Morgan fingerprint density at radius 3 is 2.30 bits per heavy atom. The summed E-state index contributed by atoms with van der Waals surface area (Å²) < 4.78 is 0. The second-order valence-electron chi connectivity index (χ2n) is 3.34. The highest BCUT2D eigenvalue weighted by molar-refractivity contribution is 5.09. The molecule has 0 bridgehead atoms. The zero-order chi connectivity index (χ0) is 7.61. The van der Waals surface area contributed by atoms with Crippen molar-refractivity contribution in [3.8, 4) is 0 Å². The molecule has 0 unspecified atom stereocenters. The SMILES string of the molecule is CC(C)(C)c1ccncn1. The van der Waals surface area contributed by atoms with Crippen molar-refractivity contribution in [2.24, 2.45) is 0 Å². The monoisotopic (exact) mass is 136 g/mol. The third kappa shape index (κ3) is 1.53. The van der Waals surface area contributed by atoms with E-state index >= 15 is 0 Å². The smallest absolute Gasteiger partial charge is 0.115 e. The van der Waals surface area contributed by atoms with E-state index in [-0.39, 0.29) is 5.41 Å². The van der Waals surface area contributed by atoms with Crippen LogP contribution in [0.4, 0.5) is 0 Å². The molecule has 0 atom stereocenters. The van der Waals surface area contributed by atoms with Crippen LogP contribution < -0.4 is 0 Å². The Bertz CT molecular complexity index is 198. The molecule has 0 aliphatic rings. The molecule has 54 valence electrons. The van der Waals surface area contributed by atoms with Crippen molar-refractivity contribution >= 4 is 0 Å². The van der Waals surface area contributed by atoms with Crippen molar-refractivity contribution in [3.05, 3.63) is 24.3 Å². The van der Waals surface area contributed by atoms with E-state index in [2.05, 4.69) is 30.7 Å². The molecule has 1 aromatic rings. The maximum absolute atomic E-state index is 4.14. The zero-order valence-corrected chi connectivity index (χ0v) is 6.63. The molecule has 0 aliphatic carbocycles. The van der Waals surface area contributed by atoms with Crippen molar-refractivity contribution < 1.29 is 0 Å². The van der Waals surface area contributed by atoms with E-state index in [1.54, 1.807) is 12.5 Å². The molecule has 2 heteroatoms. The highest BCUT2D eigenvalue weighted by Gasteiger charge is 2.13. The van der Waals surface area contributed by atoms with Crippen LogP contribution in [0.3, 0.4) is 0 Å². The molecule has 10 heavy (non-hydrogen) atoms. The van der Waals surface area contributed by atoms with Crippen molar-refractivity contribution in [2.45, 2.75) is 26.2 Å². The third-order valence-electron chi connectivity index (χ3n) is 1.35. The van der Waals surface area contributed by atoms with Crippen LogP contribution in [0.5, 0.6) is 0 Å². The van der Waals surface area contributed by atoms with Gasteiger partial charge in [-0.05, 0) is 6.07 Å². The van der Waals surface area contributed by atoms with E-state index in [9.17, 15) is 0 Å². The molecule has 0 N–H and O–H groups in total. The number of nitrogens with zero attached hydrogens (tertiary/aromatic N) is 2. The van der Waals surface area contributed by atoms with Crippen molar-refractivity contribution in [1.29, 1.82) is 0 Å². The number of aromatic nitrogens is 2. The van der Waals surface area contributed by atoms with E-state index in [4.69, 9.17) is 0 Å². The van der Waals surface area contributed by atoms with Gasteiger partial charge in [-0.1, -0.05) is 20.8 Å². The molecular formula is C8H12N2. The lowest BCUT2D eigenvalue weighted by molar-refractivity contribution is 0.567. The van der Waals surface area contributed by atoms with Gasteiger partial charge in [0, 0.05) is 17.3 Å². The first-order valence-corrected chi connectivity index (χ1v) is 3.37. The molecule has 0 fully saturated rings. The van der Waals surface area contributed by atoms with Gasteiger partial charge in [0.1, 0.15) is 6.33 Å². The summed E-state index contributed by atoms with van der Waals surface area (Å²) in [5.41, 5.74) is 1.23. The fourth-order valence-corrected chi connectivity index (χ4v) is 0.734. The Morgan fingerprint density at radius 1 is 1.30 bits per heavy atom. The first kappa shape index (κ1) is 7.19. The second-order valence-corrected chi connectivity index (χ2v) is 3.34. The second kappa shape index (κ2) is 2.37. The molecule has 0 saturated heterocycles. The molecule has 1 rings (SSSR count). The molecule has 0 aromatic carbocycles. The Labute approximate surface area is 61.3 Å². The molecule has 1 heterocycles. The van der Waals surface area contributed by atoms with Gasteiger partial charge in [-0.3, -0.25) is 0 Å². The van der Waals surface area contributed by atoms with E-state index in [1.807, 2.05) is 6.07 Å². The van der Waals surface area contributed by atoms with E-state index in [0.29, 0.717) is 0 Å². The van der Waals surface area contributed by atoms with Crippen molar-refractivity contribution in [3.63, 3.8) is 0 Å². The molecule has 0 amide bonds. The predicted octanol–water partition coefficient (Wildman–Crippen LogP) is 1.77. The normalized spacial score (nSPS) is 11.5. The molecule has 0 saturated carbocycles. The first-order valence-electron chi connectivity index (χ1n) is 3.37. The van der Waals surface area contributed by atoms with E-state index in [0.717, 1.165) is 5.69 Å². The maximum atomic E-state index is 4.14. The lowest BCUT2D eigenvalue weighted by Gasteiger charge is -2.16. The first-order chi connectivity index (χ1) is 4.61. The summed E-state index contributed by atoms with van der Waals surface area (Å²) in [4.78, 5) is 7.99. The molecule has 0 radical (unpaired) electrons. The van der Waals surface area contributed by atoms with Crippen LogP contribution in [0, 0.1) is 0 Å². The van der Waals surface area contributed by atoms with Gasteiger partial charge in [-0.2, -0.15) is 0 Å². The zero-order valence-electron chi connectivity index (χ0n) is 6.63. The summed E-state index contributed by atoms with van der Waals surface area (Å²) in [6.07, 6.45) is 3.36. The van der Waals surface area contributed by atoms with Crippen molar-refractivity contribution in [2.75, 3.05) is 0 Å². The Hall–Kier alpha value is -0.920. The van der Waals surface area contributed by atoms with Gasteiger partial charge in [0.25, 0.3) is 0 Å². The van der Waals surface area contributed by atoms with Crippen LogP contribution in [0.25, 0.3) is 0 Å². The van der Waals surface area contributed by atoms with Crippen LogP contribution in [0.15, 0.2) is 18.6 Å². The van der Waals surface area contributed by atoms with E-state index in [1.165, 1.54) is 0 Å². The van der Waals surface area contributed by atoms with Gasteiger partial charge in [-0.25, -0.2) is 9.97 Å². The number of rotatable bonds is 0. The van der Waals surface area contributed by atoms with Crippen LogP contribution in [0.1, 0.15) is 26.5 Å². The Morgan fingerprint density at radius 2 is 2.00 bits per heavy atom. The fraction of sp³-hybridized carbons (Fsp3) is 0.500. The number of hydrogen-bond acceptors (Lipinski definition) is 2. The van der Waals surface area contributed by atoms with Crippen molar-refractivity contribution in [1.82, 2.24) is 9.97 Å². The van der Waals surface area contributed by atoms with Gasteiger partial charge in [0.15, 0.2) is 0 Å². The highest BCUT2D eigenvalue weighted by Crippen LogP contribution is 2.17. The molecule has 0 aliphatic heterocycles. The summed E-state index contributed by atoms with van der Waals surface area (Å²) in [6, 6.07) is 1.94. The summed E-state index contributed by atoms with van der Waals surface area (Å²) in [6.45, 7) is 6.40. The maximum Gasteiger partial charge on any atom is 0.115 e. The minimum absolute atomic E-state index is 0.142. The van der Waals surface area contributed by atoms with Gasteiger partial charge in [-0.15, -0.1) is 0 Å². The predicted molar refractivity (Wildman–Crippen MR) is 40.7 cm³/mol. The minimum atomic E-state index is 0.142. The van der Waals surface area contributed by atoms with Gasteiger partial charge < -0.3 is 0 Å². The largest absolute Gasteiger partial charge is 0.245 e. The quantitative estimate of drug-likeness (QED) is 0.543. The summed E-state index contributed by atoms with van der Waals surface area (Å²) in [7, 11) is 0. The Balaban J connectivity index is 2.97. The minimum Gasteiger partial charge on any atom is -0.245 e. The average Bonchev–Trinajstić information content (AvgIpc) is 1.88. The van der Waals surface area contributed by atoms with Gasteiger partial charge >= 0.3 is 0 Å². The molecule has 0 spiro atoms. The topological polar surface area (TPSA) is 25.8 Å². The molecule has 1 aromatic heterocycles. The van der Waals surface area contributed by atoms with Gasteiger partial charge in [0.05, 0.1) is 0 Å². The fourth-order valence-electron chi connectivity index (χ4n) is 0.734. The van der Waals surface area contributed by atoms with E-state index < -0.39 is 0 Å². The molecular weight excluding hydrogens is 124 g/mol. The van der Waals surface area contributed by atoms with Crippen LogP contribution in [-0.2, 0) is 5.41 Å². The summed E-state index contributed by atoms with van der Waals surface area (Å²) in [5, 5.41) is 0. The molecule has 2 nitrogen and oxygen atoms in total.